The molecule has 0 saturated carbocycles. The van der Waals surface area contributed by atoms with Gasteiger partial charge < -0.3 is 10.1 Å². The summed E-state index contributed by atoms with van der Waals surface area (Å²) in [5.41, 5.74) is 1.50. The number of hydrogen-bond donors (Lipinski definition) is 1. The summed E-state index contributed by atoms with van der Waals surface area (Å²) in [5.74, 6) is 0.115. The summed E-state index contributed by atoms with van der Waals surface area (Å²) < 4.78 is 19.1. The van der Waals surface area contributed by atoms with Gasteiger partial charge in [-0.15, -0.1) is 0 Å². The van der Waals surface area contributed by atoms with Gasteiger partial charge in [-0.1, -0.05) is 29.3 Å². The summed E-state index contributed by atoms with van der Waals surface area (Å²) in [6, 6.07) is 9.83. The van der Waals surface area contributed by atoms with Crippen molar-refractivity contribution < 1.29 is 9.13 Å². The van der Waals surface area contributed by atoms with Crippen molar-refractivity contribution >= 4 is 23.2 Å². The highest BCUT2D eigenvalue weighted by Gasteiger charge is 2.07. The number of benzene rings is 2. The van der Waals surface area contributed by atoms with Crippen LogP contribution in [0.15, 0.2) is 36.4 Å². The molecule has 5 heteroatoms. The Hall–Kier alpha value is -1.29. The molecule has 0 aliphatic rings. The van der Waals surface area contributed by atoms with Crippen LogP contribution in [0.4, 0.5) is 4.39 Å². The fourth-order valence-electron chi connectivity index (χ4n) is 1.84. The molecule has 0 aromatic heterocycles. The number of ether oxygens (including phenoxy) is 1. The average Bonchev–Trinajstić information content (AvgIpc) is 2.38. The van der Waals surface area contributed by atoms with E-state index in [4.69, 9.17) is 27.9 Å². The van der Waals surface area contributed by atoms with E-state index in [1.165, 1.54) is 12.1 Å². The van der Waals surface area contributed by atoms with Gasteiger partial charge in [-0.3, -0.25) is 0 Å². The minimum Gasteiger partial charge on any atom is -0.489 e. The molecule has 0 fully saturated rings. The van der Waals surface area contributed by atoms with E-state index in [2.05, 4.69) is 5.32 Å². The van der Waals surface area contributed by atoms with Gasteiger partial charge in [0.2, 0.25) is 0 Å². The molecule has 20 heavy (non-hydrogen) atoms. The maximum atomic E-state index is 13.5. The predicted molar refractivity (Wildman–Crippen MR) is 80.0 cm³/mol. The van der Waals surface area contributed by atoms with Crippen molar-refractivity contribution in [1.29, 1.82) is 0 Å². The van der Waals surface area contributed by atoms with E-state index in [0.29, 0.717) is 27.9 Å². The number of nitrogens with one attached hydrogen (secondary N) is 1. The lowest BCUT2D eigenvalue weighted by Crippen LogP contribution is -2.06. The summed E-state index contributed by atoms with van der Waals surface area (Å²) in [7, 11) is 1.80. The van der Waals surface area contributed by atoms with E-state index in [1.54, 1.807) is 31.3 Å². The van der Waals surface area contributed by atoms with E-state index >= 15 is 0 Å². The lowest BCUT2D eigenvalue weighted by Gasteiger charge is -2.11. The zero-order valence-electron chi connectivity index (χ0n) is 10.9. The molecule has 0 atom stereocenters. The van der Waals surface area contributed by atoms with Crippen LogP contribution in [0.1, 0.15) is 11.1 Å². The van der Waals surface area contributed by atoms with Crippen LogP contribution in [0.2, 0.25) is 10.0 Å². The first-order chi connectivity index (χ1) is 9.60. The van der Waals surface area contributed by atoms with Crippen molar-refractivity contribution in [1.82, 2.24) is 5.32 Å². The molecule has 0 heterocycles. The highest BCUT2D eigenvalue weighted by atomic mass is 35.5. The van der Waals surface area contributed by atoms with Crippen LogP contribution in [0.3, 0.4) is 0 Å². The third kappa shape index (κ3) is 3.85. The predicted octanol–water partition coefficient (Wildman–Crippen LogP) is 4.43. The van der Waals surface area contributed by atoms with Gasteiger partial charge in [0, 0.05) is 28.2 Å². The summed E-state index contributed by atoms with van der Waals surface area (Å²) in [6.45, 7) is 0.766. The number of halogens is 3. The molecule has 0 unspecified atom stereocenters. The number of hydrogen-bond acceptors (Lipinski definition) is 2. The fourth-order valence-corrected chi connectivity index (χ4v) is 2.34. The summed E-state index contributed by atoms with van der Waals surface area (Å²) in [4.78, 5) is 0. The monoisotopic (exact) mass is 313 g/mol. The molecule has 0 amide bonds. The Morgan fingerprint density at radius 3 is 2.50 bits per heavy atom. The van der Waals surface area contributed by atoms with Gasteiger partial charge in [-0.2, -0.15) is 0 Å². The number of rotatable bonds is 5. The second kappa shape index (κ2) is 6.93. The Kier molecular flexibility index (Phi) is 5.24. The van der Waals surface area contributed by atoms with Crippen LogP contribution >= 0.6 is 23.2 Å². The normalized spacial score (nSPS) is 10.6. The van der Waals surface area contributed by atoms with Crippen LogP contribution < -0.4 is 10.1 Å². The second-order valence-electron chi connectivity index (χ2n) is 4.31. The minimum atomic E-state index is -0.335. The zero-order chi connectivity index (χ0) is 14.5. The van der Waals surface area contributed by atoms with E-state index in [-0.39, 0.29) is 12.4 Å². The SMILES string of the molecule is CNCc1cc(F)cc(OCc2c(Cl)cccc2Cl)c1. The van der Waals surface area contributed by atoms with E-state index in [0.717, 1.165) is 5.56 Å². The molecule has 0 aliphatic heterocycles. The quantitative estimate of drug-likeness (QED) is 0.881. The van der Waals surface area contributed by atoms with Crippen molar-refractivity contribution in [3.8, 4) is 5.75 Å². The van der Waals surface area contributed by atoms with Crippen LogP contribution in [-0.2, 0) is 13.2 Å². The Morgan fingerprint density at radius 1 is 1.15 bits per heavy atom. The van der Waals surface area contributed by atoms with Gasteiger partial charge in [0.05, 0.1) is 0 Å². The summed E-state index contributed by atoms with van der Waals surface area (Å²) in [5, 5.41) is 4.03. The minimum absolute atomic E-state index is 0.195. The third-order valence-electron chi connectivity index (χ3n) is 2.76. The molecule has 2 aromatic carbocycles. The Bertz CT molecular complexity index is 584. The lowest BCUT2D eigenvalue weighted by atomic mass is 10.2. The zero-order valence-corrected chi connectivity index (χ0v) is 12.4. The largest absolute Gasteiger partial charge is 0.489 e. The first-order valence-corrected chi connectivity index (χ1v) is 6.85. The maximum absolute atomic E-state index is 13.5. The van der Waals surface area contributed by atoms with Gasteiger partial charge in [0.1, 0.15) is 18.2 Å². The van der Waals surface area contributed by atoms with Crippen LogP contribution in [0.25, 0.3) is 0 Å². The van der Waals surface area contributed by atoms with Crippen molar-refractivity contribution in [2.24, 2.45) is 0 Å². The fraction of sp³-hybridized carbons (Fsp3) is 0.200. The molecule has 1 N–H and O–H groups in total. The molecule has 0 saturated heterocycles. The van der Waals surface area contributed by atoms with Gasteiger partial charge >= 0.3 is 0 Å². The second-order valence-corrected chi connectivity index (χ2v) is 5.13. The van der Waals surface area contributed by atoms with Crippen LogP contribution in [0.5, 0.6) is 5.75 Å². The van der Waals surface area contributed by atoms with Crippen LogP contribution in [0, 0.1) is 5.82 Å². The Balaban J connectivity index is 2.14. The van der Waals surface area contributed by atoms with Gasteiger partial charge in [0.15, 0.2) is 0 Å². The highest BCUT2D eigenvalue weighted by molar-refractivity contribution is 6.35. The first kappa shape index (κ1) is 15.1. The Morgan fingerprint density at radius 2 is 1.85 bits per heavy atom. The van der Waals surface area contributed by atoms with Gasteiger partial charge in [-0.25, -0.2) is 4.39 Å². The molecular formula is C15H14Cl2FNO. The molecular weight excluding hydrogens is 300 g/mol. The molecule has 106 valence electrons. The van der Waals surface area contributed by atoms with E-state index < -0.39 is 0 Å². The molecule has 0 radical (unpaired) electrons. The lowest BCUT2D eigenvalue weighted by molar-refractivity contribution is 0.304. The Labute approximate surface area is 127 Å². The van der Waals surface area contributed by atoms with Gasteiger partial charge in [-0.05, 0) is 36.9 Å². The highest BCUT2D eigenvalue weighted by Crippen LogP contribution is 2.26. The van der Waals surface area contributed by atoms with E-state index in [9.17, 15) is 4.39 Å². The average molecular weight is 314 g/mol. The van der Waals surface area contributed by atoms with Crippen molar-refractivity contribution in [3.63, 3.8) is 0 Å². The topological polar surface area (TPSA) is 21.3 Å². The van der Waals surface area contributed by atoms with Crippen molar-refractivity contribution in [2.75, 3.05) is 7.05 Å². The third-order valence-corrected chi connectivity index (χ3v) is 3.47. The first-order valence-electron chi connectivity index (χ1n) is 6.10. The molecule has 0 aliphatic carbocycles. The molecule has 0 bridgehead atoms. The molecule has 2 nitrogen and oxygen atoms in total. The summed E-state index contributed by atoms with van der Waals surface area (Å²) in [6.07, 6.45) is 0. The van der Waals surface area contributed by atoms with Crippen molar-refractivity contribution in [2.45, 2.75) is 13.2 Å². The maximum Gasteiger partial charge on any atom is 0.127 e. The smallest absolute Gasteiger partial charge is 0.127 e. The van der Waals surface area contributed by atoms with Crippen LogP contribution in [-0.4, -0.2) is 7.05 Å². The molecule has 2 aromatic rings. The van der Waals surface area contributed by atoms with E-state index in [1.807, 2.05) is 0 Å². The van der Waals surface area contributed by atoms with Crippen molar-refractivity contribution in [3.05, 3.63) is 63.4 Å². The molecule has 0 spiro atoms. The van der Waals surface area contributed by atoms with Gasteiger partial charge in [0.25, 0.3) is 0 Å². The summed E-state index contributed by atoms with van der Waals surface area (Å²) >= 11 is 12.1. The standard InChI is InChI=1S/C15H14Cl2FNO/c1-19-8-10-5-11(18)7-12(6-10)20-9-13-14(16)3-2-4-15(13)17/h2-7,19H,8-9H2,1H3. The molecule has 2 rings (SSSR count).